The fourth-order valence-electron chi connectivity index (χ4n) is 2.44. The number of benzene rings is 2. The van der Waals surface area contributed by atoms with E-state index in [-0.39, 0.29) is 26.6 Å². The summed E-state index contributed by atoms with van der Waals surface area (Å²) in [5.74, 6) is -1.84. The molecule has 4 nitrogen and oxygen atoms in total. The molecule has 2 aromatic carbocycles. The molecule has 0 fully saturated rings. The first-order chi connectivity index (χ1) is 11.9. The Morgan fingerprint density at radius 3 is 2.56 bits per heavy atom. The molecule has 1 atom stereocenters. The average molecular weight is 382 g/mol. The first-order valence-electron chi connectivity index (χ1n) is 7.22. The van der Waals surface area contributed by atoms with E-state index in [2.05, 4.69) is 15.3 Å². The Kier molecular flexibility index (Phi) is 4.83. The van der Waals surface area contributed by atoms with Crippen LogP contribution < -0.4 is 5.32 Å². The Balaban J connectivity index is 1.94. The highest BCUT2D eigenvalue weighted by Crippen LogP contribution is 2.29. The molecule has 25 heavy (non-hydrogen) atoms. The maximum absolute atomic E-state index is 13.7. The highest BCUT2D eigenvalue weighted by atomic mass is 35.5. The van der Waals surface area contributed by atoms with Crippen molar-refractivity contribution in [1.29, 1.82) is 0 Å². The largest absolute Gasteiger partial charge is 0.345 e. The maximum atomic E-state index is 13.7. The molecule has 1 heterocycles. The van der Waals surface area contributed by atoms with Crippen LogP contribution in [0.5, 0.6) is 0 Å². The lowest BCUT2D eigenvalue weighted by atomic mass is 10.1. The molecule has 1 N–H and O–H groups in total. The minimum atomic E-state index is -0.649. The van der Waals surface area contributed by atoms with E-state index in [1.54, 1.807) is 6.92 Å². The van der Waals surface area contributed by atoms with Crippen LogP contribution in [0.15, 0.2) is 36.7 Å². The molecule has 0 aliphatic carbocycles. The molecule has 0 radical (unpaired) electrons. The smallest absolute Gasteiger partial charge is 0.254 e. The number of amides is 1. The van der Waals surface area contributed by atoms with Crippen LogP contribution in [0.2, 0.25) is 10.0 Å². The van der Waals surface area contributed by atoms with Gasteiger partial charge in [-0.2, -0.15) is 0 Å². The number of carbonyl (C=O) groups excluding carboxylic acids is 1. The summed E-state index contributed by atoms with van der Waals surface area (Å²) in [6.45, 7) is 1.62. The van der Waals surface area contributed by atoms with Gasteiger partial charge in [-0.15, -0.1) is 0 Å². The number of halogens is 4. The first kappa shape index (κ1) is 17.5. The van der Waals surface area contributed by atoms with Crippen molar-refractivity contribution in [1.82, 2.24) is 15.3 Å². The Hall–Kier alpha value is -2.31. The van der Waals surface area contributed by atoms with Gasteiger partial charge in [0.25, 0.3) is 5.91 Å². The number of hydrogen-bond acceptors (Lipinski definition) is 3. The zero-order valence-corrected chi connectivity index (χ0v) is 14.4. The van der Waals surface area contributed by atoms with Crippen LogP contribution in [-0.2, 0) is 0 Å². The van der Waals surface area contributed by atoms with Gasteiger partial charge in [-0.3, -0.25) is 14.8 Å². The van der Waals surface area contributed by atoms with Crippen molar-refractivity contribution in [2.45, 2.75) is 13.0 Å². The summed E-state index contributed by atoms with van der Waals surface area (Å²) in [7, 11) is 0. The summed E-state index contributed by atoms with van der Waals surface area (Å²) in [5.41, 5.74) is 0.905. The Morgan fingerprint density at radius 2 is 1.80 bits per heavy atom. The van der Waals surface area contributed by atoms with E-state index in [0.29, 0.717) is 5.56 Å². The fraction of sp³-hybridized carbons (Fsp3) is 0.118. The summed E-state index contributed by atoms with van der Waals surface area (Å²) in [4.78, 5) is 20.6. The summed E-state index contributed by atoms with van der Waals surface area (Å²) in [6, 6.07) is 4.04. The van der Waals surface area contributed by atoms with Crippen LogP contribution in [0.1, 0.15) is 28.9 Å². The monoisotopic (exact) mass is 381 g/mol. The number of rotatable bonds is 3. The van der Waals surface area contributed by atoms with Gasteiger partial charge in [0.1, 0.15) is 17.2 Å². The summed E-state index contributed by atoms with van der Waals surface area (Å²) in [6.07, 6.45) is 2.81. The van der Waals surface area contributed by atoms with Gasteiger partial charge in [0.2, 0.25) is 0 Å². The van der Waals surface area contributed by atoms with Gasteiger partial charge in [-0.05, 0) is 30.7 Å². The van der Waals surface area contributed by atoms with E-state index in [9.17, 15) is 13.6 Å². The number of nitrogens with zero attached hydrogens (tertiary/aromatic N) is 2. The molecule has 8 heteroatoms. The Labute approximate surface area is 151 Å². The van der Waals surface area contributed by atoms with Crippen molar-refractivity contribution in [3.05, 3.63) is 69.5 Å². The molecule has 1 aromatic heterocycles. The van der Waals surface area contributed by atoms with Gasteiger partial charge in [0.05, 0.1) is 22.1 Å². The molecule has 0 aliphatic heterocycles. The number of carbonyl (C=O) groups is 1. The summed E-state index contributed by atoms with van der Waals surface area (Å²) < 4.78 is 27.4. The van der Waals surface area contributed by atoms with E-state index in [4.69, 9.17) is 23.2 Å². The molecule has 0 spiro atoms. The van der Waals surface area contributed by atoms with Crippen molar-refractivity contribution in [2.75, 3.05) is 0 Å². The third-order valence-corrected chi connectivity index (χ3v) is 4.25. The second kappa shape index (κ2) is 6.90. The topological polar surface area (TPSA) is 54.9 Å². The normalized spacial score (nSPS) is 12.2. The van der Waals surface area contributed by atoms with Gasteiger partial charge < -0.3 is 5.32 Å². The molecular weight excluding hydrogens is 371 g/mol. The third kappa shape index (κ3) is 3.55. The molecule has 0 saturated carbocycles. The van der Waals surface area contributed by atoms with Crippen molar-refractivity contribution in [3.8, 4) is 0 Å². The molecule has 0 aliphatic rings. The summed E-state index contributed by atoms with van der Waals surface area (Å²) in [5, 5.41) is 2.75. The second-order valence-corrected chi connectivity index (χ2v) is 6.17. The highest BCUT2D eigenvalue weighted by Gasteiger charge is 2.19. The number of hydrogen-bond donors (Lipinski definition) is 1. The zero-order valence-electron chi connectivity index (χ0n) is 12.9. The number of aromatic nitrogens is 2. The van der Waals surface area contributed by atoms with Gasteiger partial charge in [-0.1, -0.05) is 23.2 Å². The zero-order chi connectivity index (χ0) is 18.1. The van der Waals surface area contributed by atoms with Crippen molar-refractivity contribution in [2.24, 2.45) is 0 Å². The van der Waals surface area contributed by atoms with Crippen molar-refractivity contribution >= 4 is 40.1 Å². The Morgan fingerprint density at radius 1 is 1.08 bits per heavy atom. The highest BCUT2D eigenvalue weighted by molar-refractivity contribution is 6.35. The summed E-state index contributed by atoms with van der Waals surface area (Å²) >= 11 is 11.7. The predicted octanol–water partition coefficient (Wildman–Crippen LogP) is 4.71. The van der Waals surface area contributed by atoms with Gasteiger partial charge >= 0.3 is 0 Å². The van der Waals surface area contributed by atoms with Crippen LogP contribution in [0.25, 0.3) is 11.0 Å². The van der Waals surface area contributed by atoms with Crippen LogP contribution in [0.3, 0.4) is 0 Å². The van der Waals surface area contributed by atoms with Crippen LogP contribution >= 0.6 is 23.2 Å². The molecule has 0 bridgehead atoms. The quantitative estimate of drug-likeness (QED) is 0.668. The lowest BCUT2D eigenvalue weighted by molar-refractivity contribution is 0.0941. The lowest BCUT2D eigenvalue weighted by Crippen LogP contribution is -2.27. The molecule has 3 rings (SSSR count). The Bertz CT molecular complexity index is 982. The number of nitrogens with one attached hydrogen (secondary N) is 1. The van der Waals surface area contributed by atoms with E-state index >= 15 is 0 Å². The second-order valence-electron chi connectivity index (χ2n) is 5.36. The first-order valence-corrected chi connectivity index (χ1v) is 7.98. The van der Waals surface area contributed by atoms with Crippen LogP contribution in [-0.4, -0.2) is 15.9 Å². The van der Waals surface area contributed by atoms with E-state index in [1.807, 2.05) is 0 Å². The maximum Gasteiger partial charge on any atom is 0.254 e. The van der Waals surface area contributed by atoms with Crippen LogP contribution in [0, 0.1) is 11.6 Å². The van der Waals surface area contributed by atoms with Crippen molar-refractivity contribution < 1.29 is 13.6 Å². The van der Waals surface area contributed by atoms with Gasteiger partial charge in [-0.25, -0.2) is 8.78 Å². The van der Waals surface area contributed by atoms with Gasteiger partial charge in [0, 0.05) is 23.5 Å². The molecule has 3 aromatic rings. The predicted molar refractivity (Wildman–Crippen MR) is 91.8 cm³/mol. The minimum absolute atomic E-state index is 0.0282. The third-order valence-electron chi connectivity index (χ3n) is 3.64. The molecule has 128 valence electrons. The number of fused-ring (bicyclic) bond motifs is 1. The van der Waals surface area contributed by atoms with E-state index < -0.39 is 23.6 Å². The van der Waals surface area contributed by atoms with E-state index in [1.165, 1.54) is 24.5 Å². The average Bonchev–Trinajstić information content (AvgIpc) is 2.57. The lowest BCUT2D eigenvalue weighted by Gasteiger charge is -2.17. The van der Waals surface area contributed by atoms with Crippen molar-refractivity contribution in [3.63, 3.8) is 0 Å². The van der Waals surface area contributed by atoms with E-state index in [0.717, 1.165) is 12.1 Å². The molecule has 1 amide bonds. The SMILES string of the molecule is CC(NC(=O)c1cc(F)cc2nccnc12)c1cc(F)c(Cl)cc1Cl. The minimum Gasteiger partial charge on any atom is -0.345 e. The van der Waals surface area contributed by atoms with Crippen LogP contribution in [0.4, 0.5) is 8.78 Å². The molecule has 0 saturated heterocycles. The standard InChI is InChI=1S/C17H11Cl2F2N3O/c1-8(10-6-14(21)13(19)7-12(10)18)24-17(25)11-4-9(20)5-15-16(11)23-3-2-22-15/h2-8H,1H3,(H,24,25). The molecule has 1 unspecified atom stereocenters. The molecular formula is C17H11Cl2F2N3O. The van der Waals surface area contributed by atoms with Gasteiger partial charge in [0.15, 0.2) is 0 Å². The fourth-order valence-corrected chi connectivity index (χ4v) is 2.98.